The Kier molecular flexibility index (Phi) is 2.93. The molecular formula is C13H17N3OS. The minimum Gasteiger partial charge on any atom is -0.300 e. The number of carbonyl (C=O) groups excluding carboxylic acids is 1. The zero-order valence-electron chi connectivity index (χ0n) is 10.6. The second kappa shape index (κ2) is 4.46. The number of aromatic nitrogens is 2. The van der Waals surface area contributed by atoms with Crippen LogP contribution in [0.5, 0.6) is 0 Å². The van der Waals surface area contributed by atoms with Crippen LogP contribution in [0.25, 0.3) is 0 Å². The summed E-state index contributed by atoms with van der Waals surface area (Å²) in [7, 11) is 0. The van der Waals surface area contributed by atoms with Gasteiger partial charge in [0, 0.05) is 11.8 Å². The molecule has 4 nitrogen and oxygen atoms in total. The zero-order chi connectivity index (χ0) is 12.7. The van der Waals surface area contributed by atoms with Crippen LogP contribution in [0.3, 0.4) is 0 Å². The quantitative estimate of drug-likeness (QED) is 0.853. The van der Waals surface area contributed by atoms with Crippen LogP contribution in [0, 0.1) is 17.8 Å². The van der Waals surface area contributed by atoms with Gasteiger partial charge in [-0.2, -0.15) is 0 Å². The molecule has 18 heavy (non-hydrogen) atoms. The number of allylic oxidation sites excluding steroid dienone is 2. The molecule has 96 valence electrons. The Morgan fingerprint density at radius 3 is 2.78 bits per heavy atom. The maximum atomic E-state index is 12.2. The lowest BCUT2D eigenvalue weighted by molar-refractivity contribution is -0.120. The predicted octanol–water partition coefficient (Wildman–Crippen LogP) is 2.81. The number of hydrogen-bond acceptors (Lipinski definition) is 4. The van der Waals surface area contributed by atoms with E-state index < -0.39 is 0 Å². The Morgan fingerprint density at radius 2 is 2.22 bits per heavy atom. The predicted molar refractivity (Wildman–Crippen MR) is 71.5 cm³/mol. The van der Waals surface area contributed by atoms with Crippen LogP contribution in [0.2, 0.25) is 0 Å². The van der Waals surface area contributed by atoms with Crippen molar-refractivity contribution in [3.05, 3.63) is 17.2 Å². The van der Waals surface area contributed by atoms with E-state index >= 15 is 0 Å². The molecule has 0 aliphatic heterocycles. The van der Waals surface area contributed by atoms with Gasteiger partial charge in [-0.25, -0.2) is 0 Å². The van der Waals surface area contributed by atoms with Crippen molar-refractivity contribution < 1.29 is 4.79 Å². The molecule has 0 radical (unpaired) electrons. The normalized spacial score (nSPS) is 29.2. The number of anilines is 1. The molecule has 1 heterocycles. The van der Waals surface area contributed by atoms with Crippen molar-refractivity contribution in [3.8, 4) is 0 Å². The highest BCUT2D eigenvalue weighted by atomic mass is 32.1. The smallest absolute Gasteiger partial charge is 0.229 e. The van der Waals surface area contributed by atoms with Crippen LogP contribution >= 0.6 is 11.3 Å². The standard InChI is InChI=1S/C13H17N3OS/c1-7(2)12-15-16-13(18-12)14-11(17)10-6-8-3-4-9(10)5-8/h3-4,7-10H,5-6H2,1-2H3,(H,14,16,17)/t8-,9-,10+/m0/s1. The lowest BCUT2D eigenvalue weighted by atomic mass is 9.93. The SMILES string of the molecule is CC(C)c1nnc(NC(=O)[C@@H]2C[C@H]3C=C[C@H]2C3)s1. The lowest BCUT2D eigenvalue weighted by Gasteiger charge is -2.16. The summed E-state index contributed by atoms with van der Waals surface area (Å²) >= 11 is 1.48. The number of carbonyl (C=O) groups is 1. The molecule has 0 saturated heterocycles. The van der Waals surface area contributed by atoms with Gasteiger partial charge < -0.3 is 5.32 Å². The molecule has 3 atom stereocenters. The van der Waals surface area contributed by atoms with Crippen molar-refractivity contribution in [2.45, 2.75) is 32.6 Å². The Bertz CT molecular complexity index is 494. The summed E-state index contributed by atoms with van der Waals surface area (Å²) < 4.78 is 0. The molecule has 0 aromatic carbocycles. The van der Waals surface area contributed by atoms with Crippen molar-refractivity contribution in [2.24, 2.45) is 17.8 Å². The summed E-state index contributed by atoms with van der Waals surface area (Å²) in [5.41, 5.74) is 0. The molecule has 1 aromatic heterocycles. The Morgan fingerprint density at radius 1 is 1.39 bits per heavy atom. The Balaban J connectivity index is 1.65. The number of nitrogens with one attached hydrogen (secondary N) is 1. The van der Waals surface area contributed by atoms with E-state index in [1.165, 1.54) is 11.3 Å². The van der Waals surface area contributed by atoms with Crippen molar-refractivity contribution in [1.29, 1.82) is 0 Å². The Labute approximate surface area is 111 Å². The van der Waals surface area contributed by atoms with Gasteiger partial charge in [-0.15, -0.1) is 10.2 Å². The number of fused-ring (bicyclic) bond motifs is 2. The van der Waals surface area contributed by atoms with Gasteiger partial charge in [0.1, 0.15) is 5.01 Å². The van der Waals surface area contributed by atoms with E-state index in [-0.39, 0.29) is 11.8 Å². The van der Waals surface area contributed by atoms with Gasteiger partial charge in [-0.3, -0.25) is 4.79 Å². The van der Waals surface area contributed by atoms with E-state index in [2.05, 4.69) is 41.5 Å². The van der Waals surface area contributed by atoms with Crippen molar-refractivity contribution in [2.75, 3.05) is 5.32 Å². The first kappa shape index (κ1) is 11.8. The molecule has 5 heteroatoms. The van der Waals surface area contributed by atoms with Crippen LogP contribution in [-0.2, 0) is 4.79 Å². The van der Waals surface area contributed by atoms with Crippen molar-refractivity contribution in [1.82, 2.24) is 10.2 Å². The Hall–Kier alpha value is -1.23. The van der Waals surface area contributed by atoms with Crippen molar-refractivity contribution >= 4 is 22.4 Å². The highest BCUT2D eigenvalue weighted by Crippen LogP contribution is 2.43. The number of amides is 1. The minimum atomic E-state index is 0.110. The van der Waals surface area contributed by atoms with Crippen LogP contribution in [0.4, 0.5) is 5.13 Å². The van der Waals surface area contributed by atoms with E-state index in [4.69, 9.17) is 0 Å². The van der Waals surface area contributed by atoms with Gasteiger partial charge in [-0.1, -0.05) is 37.3 Å². The molecule has 2 aliphatic rings. The first-order chi connectivity index (χ1) is 8.63. The first-order valence-electron chi connectivity index (χ1n) is 6.46. The maximum absolute atomic E-state index is 12.2. The van der Waals surface area contributed by atoms with Crippen molar-refractivity contribution in [3.63, 3.8) is 0 Å². The third kappa shape index (κ3) is 2.07. The molecule has 3 rings (SSSR count). The summed E-state index contributed by atoms with van der Waals surface area (Å²) in [5, 5.41) is 12.6. The second-order valence-electron chi connectivity index (χ2n) is 5.48. The summed E-state index contributed by atoms with van der Waals surface area (Å²) in [6.45, 7) is 4.15. The molecule has 0 spiro atoms. The van der Waals surface area contributed by atoms with E-state index in [9.17, 15) is 4.79 Å². The average molecular weight is 263 g/mol. The molecular weight excluding hydrogens is 246 g/mol. The van der Waals surface area contributed by atoms with Gasteiger partial charge in [0.25, 0.3) is 0 Å². The summed E-state index contributed by atoms with van der Waals surface area (Å²) in [4.78, 5) is 12.2. The van der Waals surface area contributed by atoms with Crippen LogP contribution in [0.15, 0.2) is 12.2 Å². The lowest BCUT2D eigenvalue weighted by Crippen LogP contribution is -2.25. The van der Waals surface area contributed by atoms with E-state index in [0.717, 1.165) is 17.8 Å². The summed E-state index contributed by atoms with van der Waals surface area (Å²) in [6, 6.07) is 0. The van der Waals surface area contributed by atoms with Gasteiger partial charge >= 0.3 is 0 Å². The molecule has 1 saturated carbocycles. The van der Waals surface area contributed by atoms with E-state index in [0.29, 0.717) is 22.9 Å². The molecule has 1 amide bonds. The molecule has 2 aliphatic carbocycles. The van der Waals surface area contributed by atoms with Crippen LogP contribution in [0.1, 0.15) is 37.6 Å². The van der Waals surface area contributed by atoms with Gasteiger partial charge in [0.15, 0.2) is 0 Å². The topological polar surface area (TPSA) is 54.9 Å². The first-order valence-corrected chi connectivity index (χ1v) is 7.27. The zero-order valence-corrected chi connectivity index (χ0v) is 11.4. The third-order valence-corrected chi connectivity index (χ3v) is 4.92. The largest absolute Gasteiger partial charge is 0.300 e. The summed E-state index contributed by atoms with van der Waals surface area (Å²) in [5.74, 6) is 1.65. The fraction of sp³-hybridized carbons (Fsp3) is 0.615. The minimum absolute atomic E-state index is 0.110. The highest BCUT2D eigenvalue weighted by molar-refractivity contribution is 7.15. The monoisotopic (exact) mass is 263 g/mol. The van der Waals surface area contributed by atoms with E-state index in [1.54, 1.807) is 0 Å². The van der Waals surface area contributed by atoms with Crippen LogP contribution < -0.4 is 5.32 Å². The number of hydrogen-bond donors (Lipinski definition) is 1. The van der Waals surface area contributed by atoms with Gasteiger partial charge in [0.05, 0.1) is 0 Å². The number of nitrogens with zero attached hydrogens (tertiary/aromatic N) is 2. The summed E-state index contributed by atoms with van der Waals surface area (Å²) in [6.07, 6.45) is 6.57. The van der Waals surface area contributed by atoms with E-state index in [1.807, 2.05) is 0 Å². The number of rotatable bonds is 3. The highest BCUT2D eigenvalue weighted by Gasteiger charge is 2.39. The fourth-order valence-electron chi connectivity index (χ4n) is 2.80. The molecule has 1 aromatic rings. The van der Waals surface area contributed by atoms with Crippen LogP contribution in [-0.4, -0.2) is 16.1 Å². The molecule has 1 N–H and O–H groups in total. The average Bonchev–Trinajstić information content (AvgIpc) is 3.03. The molecule has 1 fully saturated rings. The maximum Gasteiger partial charge on any atom is 0.229 e. The van der Waals surface area contributed by atoms with Gasteiger partial charge in [-0.05, 0) is 24.7 Å². The second-order valence-corrected chi connectivity index (χ2v) is 6.49. The molecule has 0 unspecified atom stereocenters. The fourth-order valence-corrected chi connectivity index (χ4v) is 3.55. The molecule has 2 bridgehead atoms. The van der Waals surface area contributed by atoms with Gasteiger partial charge in [0.2, 0.25) is 11.0 Å². The third-order valence-electron chi connectivity index (χ3n) is 3.78.